The quantitative estimate of drug-likeness (QED) is 0.561. The first-order chi connectivity index (χ1) is 8.58. The zero-order chi connectivity index (χ0) is 13.3. The van der Waals surface area contributed by atoms with E-state index in [1.807, 2.05) is 0 Å². The fraction of sp³-hybridized carbons (Fsp3) is 0.125. The molecule has 0 unspecified atom stereocenters. The summed E-state index contributed by atoms with van der Waals surface area (Å²) in [5.74, 6) is -0.765. The molecule has 2 aromatic heterocycles. The summed E-state index contributed by atoms with van der Waals surface area (Å²) >= 11 is -0.228. The third-order valence-electron chi connectivity index (χ3n) is 2.26. The molecule has 0 spiro atoms. The Morgan fingerprint density at radius 2 is 2.33 bits per heavy atom. The van der Waals surface area contributed by atoms with Crippen LogP contribution in [0.1, 0.15) is 10.5 Å². The number of rotatable bonds is 3. The number of esters is 1. The van der Waals surface area contributed by atoms with Gasteiger partial charge in [0, 0.05) is 11.7 Å². The number of carbonyl (C=O) groups excluding carboxylic acids is 1. The molecule has 18 heavy (non-hydrogen) atoms. The lowest BCUT2D eigenvalue weighted by Gasteiger charge is -1.99. The Labute approximate surface area is 105 Å². The van der Waals surface area contributed by atoms with Crippen molar-refractivity contribution in [2.75, 3.05) is 7.11 Å². The van der Waals surface area contributed by atoms with Crippen LogP contribution in [0.5, 0.6) is 0 Å². The second-order valence-electron chi connectivity index (χ2n) is 3.30. The smallest absolute Gasteiger partial charge is 0.464 e. The van der Waals surface area contributed by atoms with Crippen LogP contribution in [0.3, 0.4) is 0 Å². The second kappa shape index (κ2) is 4.92. The third-order valence-corrected chi connectivity index (χ3v) is 2.64. The van der Waals surface area contributed by atoms with E-state index in [-0.39, 0.29) is 34.5 Å². The molecule has 0 aliphatic carbocycles. The molecule has 0 bridgehead atoms. The normalized spacial score (nSPS) is 10.7. The van der Waals surface area contributed by atoms with E-state index in [1.54, 1.807) is 0 Å². The molecule has 0 aliphatic heterocycles. The summed E-state index contributed by atoms with van der Waals surface area (Å²) in [5, 5.41) is 21.9. The highest BCUT2D eigenvalue weighted by Crippen LogP contribution is 2.20. The second-order valence-corrected chi connectivity index (χ2v) is 3.78. The van der Waals surface area contributed by atoms with Crippen LogP contribution < -0.4 is 5.46 Å². The zero-order valence-corrected chi connectivity index (χ0v) is 9.89. The molecule has 0 fully saturated rings. The van der Waals surface area contributed by atoms with Crippen molar-refractivity contribution in [2.24, 2.45) is 0 Å². The van der Waals surface area contributed by atoms with Crippen LogP contribution in [-0.2, 0) is 4.74 Å². The Kier molecular flexibility index (Phi) is 3.50. The lowest BCUT2D eigenvalue weighted by molar-refractivity contribution is 0.0596. The molecule has 2 N–H and O–H groups in total. The van der Waals surface area contributed by atoms with Crippen LogP contribution >= 0.6 is 12.3 Å². The Bertz CT molecular complexity index is 605. The minimum atomic E-state index is -1.74. The standard InChI is InChI=1S/C8H7BFN3O4S/c1-17-8(14)6-5-2-4(9(15)16)3-11-7(5)13(12-6)18-10/h2-3,15-16H,1H3. The average Bonchev–Trinajstić information content (AvgIpc) is 2.75. The van der Waals surface area contributed by atoms with Gasteiger partial charge in [-0.1, -0.05) is 0 Å². The Morgan fingerprint density at radius 3 is 2.89 bits per heavy atom. The molecular weight excluding hydrogens is 264 g/mol. The summed E-state index contributed by atoms with van der Waals surface area (Å²) < 4.78 is 17.9. The average molecular weight is 271 g/mol. The lowest BCUT2D eigenvalue weighted by Crippen LogP contribution is -2.30. The highest BCUT2D eigenvalue weighted by Gasteiger charge is 2.22. The predicted octanol–water partition coefficient (Wildman–Crippen LogP) is -0.722. The molecular formula is C8H7BFN3O4S. The molecule has 2 aromatic rings. The number of ether oxygens (including phenoxy) is 1. The van der Waals surface area contributed by atoms with E-state index >= 15 is 0 Å². The Hall–Kier alpha value is -1.65. The van der Waals surface area contributed by atoms with Crippen LogP contribution in [0.2, 0.25) is 0 Å². The molecule has 2 heterocycles. The van der Waals surface area contributed by atoms with E-state index in [4.69, 9.17) is 10.0 Å². The van der Waals surface area contributed by atoms with E-state index in [0.717, 1.165) is 17.4 Å². The van der Waals surface area contributed by atoms with Gasteiger partial charge in [0.05, 0.1) is 12.5 Å². The number of methoxy groups -OCH3 is 1. The Morgan fingerprint density at radius 1 is 1.61 bits per heavy atom. The third kappa shape index (κ3) is 2.05. The number of fused-ring (bicyclic) bond motifs is 1. The number of pyridine rings is 1. The van der Waals surface area contributed by atoms with Crippen LogP contribution in [0.25, 0.3) is 11.0 Å². The Balaban J connectivity index is 2.69. The summed E-state index contributed by atoms with van der Waals surface area (Å²) in [6.45, 7) is 0. The molecule has 0 aromatic carbocycles. The molecule has 0 atom stereocenters. The van der Waals surface area contributed by atoms with Crippen molar-refractivity contribution in [3.8, 4) is 0 Å². The summed E-state index contributed by atoms with van der Waals surface area (Å²) in [7, 11) is -0.581. The molecule has 94 valence electrons. The molecule has 0 saturated carbocycles. The molecule has 10 heteroatoms. The van der Waals surface area contributed by atoms with Crippen LogP contribution in [0.4, 0.5) is 3.89 Å². The zero-order valence-electron chi connectivity index (χ0n) is 9.07. The van der Waals surface area contributed by atoms with Crippen molar-refractivity contribution in [2.45, 2.75) is 0 Å². The predicted molar refractivity (Wildman–Crippen MR) is 62.8 cm³/mol. The lowest BCUT2D eigenvalue weighted by atomic mass is 9.81. The minimum absolute atomic E-state index is 0.0658. The molecule has 0 aliphatic rings. The van der Waals surface area contributed by atoms with E-state index in [2.05, 4.69) is 14.8 Å². The maximum absolute atomic E-state index is 12.6. The van der Waals surface area contributed by atoms with Gasteiger partial charge in [0.1, 0.15) is 0 Å². The van der Waals surface area contributed by atoms with Gasteiger partial charge in [0.15, 0.2) is 23.7 Å². The van der Waals surface area contributed by atoms with Crippen molar-refractivity contribution in [3.63, 3.8) is 0 Å². The summed E-state index contributed by atoms with van der Waals surface area (Å²) in [6.07, 6.45) is 1.16. The fourth-order valence-corrected chi connectivity index (χ4v) is 1.75. The molecule has 0 radical (unpaired) electrons. The van der Waals surface area contributed by atoms with Crippen molar-refractivity contribution >= 4 is 41.9 Å². The van der Waals surface area contributed by atoms with Crippen LogP contribution in [-0.4, -0.2) is 44.4 Å². The van der Waals surface area contributed by atoms with Gasteiger partial charge >= 0.3 is 13.1 Å². The maximum atomic E-state index is 12.6. The number of halogens is 1. The van der Waals surface area contributed by atoms with E-state index in [9.17, 15) is 8.68 Å². The topological polar surface area (TPSA) is 97.5 Å². The highest BCUT2D eigenvalue weighted by atomic mass is 32.2. The monoisotopic (exact) mass is 271 g/mol. The van der Waals surface area contributed by atoms with Gasteiger partial charge < -0.3 is 14.8 Å². The summed E-state index contributed by atoms with van der Waals surface area (Å²) in [4.78, 5) is 15.3. The van der Waals surface area contributed by atoms with Gasteiger partial charge in [-0.05, 0) is 6.07 Å². The first-order valence-electron chi connectivity index (χ1n) is 4.70. The first-order valence-corrected chi connectivity index (χ1v) is 5.38. The fourth-order valence-electron chi connectivity index (χ4n) is 1.43. The first kappa shape index (κ1) is 12.8. The minimum Gasteiger partial charge on any atom is -0.464 e. The van der Waals surface area contributed by atoms with Gasteiger partial charge in [0.2, 0.25) is 0 Å². The van der Waals surface area contributed by atoms with Gasteiger partial charge in [-0.3, -0.25) is 0 Å². The number of nitrogens with zero attached hydrogens (tertiary/aromatic N) is 3. The highest BCUT2D eigenvalue weighted by molar-refractivity contribution is 7.92. The molecule has 7 nitrogen and oxygen atoms in total. The SMILES string of the molecule is COC(=O)c1nn(SF)c2ncc(B(O)O)cc12. The van der Waals surface area contributed by atoms with Crippen molar-refractivity contribution in [1.29, 1.82) is 0 Å². The molecule has 2 rings (SSSR count). The van der Waals surface area contributed by atoms with Crippen molar-refractivity contribution in [3.05, 3.63) is 18.0 Å². The van der Waals surface area contributed by atoms with Crippen LogP contribution in [0.15, 0.2) is 12.3 Å². The summed E-state index contributed by atoms with van der Waals surface area (Å²) in [6, 6.07) is 1.29. The maximum Gasteiger partial charge on any atom is 0.490 e. The van der Waals surface area contributed by atoms with Gasteiger partial charge in [-0.15, -0.1) is 8.98 Å². The van der Waals surface area contributed by atoms with E-state index in [0.29, 0.717) is 0 Å². The van der Waals surface area contributed by atoms with Gasteiger partial charge in [-0.2, -0.15) is 4.09 Å². The number of hydrogen-bond donors (Lipinski definition) is 2. The van der Waals surface area contributed by atoms with Gasteiger partial charge in [0.25, 0.3) is 0 Å². The number of carbonyl (C=O) groups is 1. The largest absolute Gasteiger partial charge is 0.490 e. The van der Waals surface area contributed by atoms with E-state index in [1.165, 1.54) is 6.07 Å². The molecule has 0 saturated heterocycles. The summed E-state index contributed by atoms with van der Waals surface area (Å²) in [5.41, 5.74) is 0.0102. The van der Waals surface area contributed by atoms with Crippen molar-refractivity contribution < 1.29 is 23.5 Å². The molecule has 0 amide bonds. The number of aromatic nitrogens is 3. The van der Waals surface area contributed by atoms with E-state index < -0.39 is 13.1 Å². The van der Waals surface area contributed by atoms with Crippen molar-refractivity contribution in [1.82, 2.24) is 14.2 Å². The van der Waals surface area contributed by atoms with Gasteiger partial charge in [-0.25, -0.2) is 9.78 Å². The van der Waals surface area contributed by atoms with Crippen LogP contribution in [0, 0.1) is 0 Å². The number of hydrogen-bond acceptors (Lipinski definition) is 7.